The molecule has 4 heterocycles. The molecule has 0 radical (unpaired) electrons. The summed E-state index contributed by atoms with van der Waals surface area (Å²) in [5, 5.41) is 0. The van der Waals surface area contributed by atoms with Gasteiger partial charge in [-0.15, -0.1) is 0 Å². The number of piperidine rings is 1. The lowest BCUT2D eigenvalue weighted by atomic mass is 9.93. The van der Waals surface area contributed by atoms with Crippen molar-refractivity contribution in [2.75, 3.05) is 44.2 Å². The standard InChI is InChI=1S/C26H34N6O2/c27-24(33)23-22-18-32(17-21(22)16-31(23)13-4-8-19-6-2-1-3-7-19)25(34)20-9-14-30(15-10-20)26-28-11-5-12-29-26/h1-3,5-7,11-12,20-23H,4,8-10,13-18H2,(H2,27,33)/t21?,22-,23?/m1/s1. The van der Waals surface area contributed by atoms with Crippen molar-refractivity contribution in [3.05, 3.63) is 54.4 Å². The number of benzene rings is 1. The van der Waals surface area contributed by atoms with Gasteiger partial charge in [-0.1, -0.05) is 30.3 Å². The smallest absolute Gasteiger partial charge is 0.235 e. The number of hydrogen-bond acceptors (Lipinski definition) is 6. The number of likely N-dealkylation sites (tertiary alicyclic amines) is 2. The molecule has 5 rings (SSSR count). The highest BCUT2D eigenvalue weighted by Crippen LogP contribution is 2.37. The van der Waals surface area contributed by atoms with Gasteiger partial charge in [0, 0.05) is 57.0 Å². The Bertz CT molecular complexity index is 979. The maximum Gasteiger partial charge on any atom is 0.235 e. The number of carbonyl (C=O) groups is 2. The number of primary amides is 1. The predicted octanol–water partition coefficient (Wildman–Crippen LogP) is 1.57. The molecule has 1 aromatic heterocycles. The van der Waals surface area contributed by atoms with E-state index in [0.29, 0.717) is 12.5 Å². The van der Waals surface area contributed by atoms with Crippen LogP contribution in [0.2, 0.25) is 0 Å². The van der Waals surface area contributed by atoms with Crippen molar-refractivity contribution < 1.29 is 9.59 Å². The highest BCUT2D eigenvalue weighted by atomic mass is 16.2. The van der Waals surface area contributed by atoms with Crippen molar-refractivity contribution in [1.82, 2.24) is 19.8 Å². The van der Waals surface area contributed by atoms with Gasteiger partial charge < -0.3 is 15.5 Å². The predicted molar refractivity (Wildman–Crippen MR) is 130 cm³/mol. The molecule has 180 valence electrons. The van der Waals surface area contributed by atoms with Crippen molar-refractivity contribution in [3.8, 4) is 0 Å². The van der Waals surface area contributed by atoms with Crippen molar-refractivity contribution in [2.45, 2.75) is 31.7 Å². The molecule has 3 aliphatic heterocycles. The van der Waals surface area contributed by atoms with Gasteiger partial charge in [-0.05, 0) is 49.8 Å². The molecule has 1 aromatic carbocycles. The number of nitrogens with two attached hydrogens (primary N) is 1. The fourth-order valence-corrected chi connectivity index (χ4v) is 6.10. The maximum absolute atomic E-state index is 13.3. The first-order chi connectivity index (χ1) is 16.6. The Hall–Kier alpha value is -3.00. The molecule has 2 aromatic rings. The topological polar surface area (TPSA) is 95.7 Å². The third-order valence-electron chi connectivity index (χ3n) is 7.80. The molecule has 0 saturated carbocycles. The van der Waals surface area contributed by atoms with Gasteiger partial charge in [0.05, 0.1) is 6.04 Å². The van der Waals surface area contributed by atoms with Crippen molar-refractivity contribution in [2.24, 2.45) is 23.5 Å². The van der Waals surface area contributed by atoms with E-state index in [4.69, 9.17) is 5.73 Å². The molecule has 0 spiro atoms. The van der Waals surface area contributed by atoms with Crippen LogP contribution in [0.3, 0.4) is 0 Å². The largest absolute Gasteiger partial charge is 0.368 e. The number of fused-ring (bicyclic) bond motifs is 1. The molecular formula is C26H34N6O2. The number of rotatable bonds is 7. The zero-order valence-electron chi connectivity index (χ0n) is 19.6. The molecule has 8 heteroatoms. The van der Waals surface area contributed by atoms with Gasteiger partial charge in [-0.25, -0.2) is 9.97 Å². The Kier molecular flexibility index (Phi) is 6.76. The third kappa shape index (κ3) is 4.78. The lowest BCUT2D eigenvalue weighted by molar-refractivity contribution is -0.136. The van der Waals surface area contributed by atoms with Crippen LogP contribution in [-0.4, -0.2) is 76.9 Å². The highest BCUT2D eigenvalue weighted by Gasteiger charge is 2.50. The minimum Gasteiger partial charge on any atom is -0.368 e. The second-order valence-corrected chi connectivity index (χ2v) is 9.91. The van der Waals surface area contributed by atoms with Crippen molar-refractivity contribution >= 4 is 17.8 Å². The molecule has 2 amide bonds. The molecular weight excluding hydrogens is 428 g/mol. The molecule has 0 bridgehead atoms. The van der Waals surface area contributed by atoms with E-state index in [1.165, 1.54) is 5.56 Å². The fraction of sp³-hybridized carbons (Fsp3) is 0.538. The summed E-state index contributed by atoms with van der Waals surface area (Å²) in [6, 6.07) is 12.0. The number of nitrogens with zero attached hydrogens (tertiary/aromatic N) is 5. The van der Waals surface area contributed by atoms with E-state index < -0.39 is 0 Å². The Morgan fingerprint density at radius 1 is 0.971 bits per heavy atom. The highest BCUT2D eigenvalue weighted by molar-refractivity contribution is 5.82. The minimum atomic E-state index is -0.268. The molecule has 3 aliphatic rings. The Morgan fingerprint density at radius 2 is 1.71 bits per heavy atom. The van der Waals surface area contributed by atoms with Gasteiger partial charge in [0.2, 0.25) is 17.8 Å². The summed E-state index contributed by atoms with van der Waals surface area (Å²) in [6.07, 6.45) is 7.13. The summed E-state index contributed by atoms with van der Waals surface area (Å²) in [6.45, 7) is 4.68. The van der Waals surface area contributed by atoms with Gasteiger partial charge in [-0.2, -0.15) is 0 Å². The average molecular weight is 463 g/mol. The zero-order valence-corrected chi connectivity index (χ0v) is 19.6. The summed E-state index contributed by atoms with van der Waals surface area (Å²) < 4.78 is 0. The number of aryl methyl sites for hydroxylation is 1. The van der Waals surface area contributed by atoms with E-state index in [-0.39, 0.29) is 29.7 Å². The van der Waals surface area contributed by atoms with Crippen LogP contribution in [0, 0.1) is 17.8 Å². The number of carbonyl (C=O) groups excluding carboxylic acids is 2. The first-order valence-electron chi connectivity index (χ1n) is 12.5. The van der Waals surface area contributed by atoms with Gasteiger partial charge in [-0.3, -0.25) is 14.5 Å². The van der Waals surface area contributed by atoms with Crippen LogP contribution < -0.4 is 10.6 Å². The van der Waals surface area contributed by atoms with Crippen molar-refractivity contribution in [3.63, 3.8) is 0 Å². The number of amides is 2. The van der Waals surface area contributed by atoms with E-state index in [9.17, 15) is 9.59 Å². The van der Waals surface area contributed by atoms with Crippen LogP contribution in [0.4, 0.5) is 5.95 Å². The van der Waals surface area contributed by atoms with E-state index in [1.54, 1.807) is 12.4 Å². The second kappa shape index (κ2) is 10.1. The molecule has 2 N–H and O–H groups in total. The van der Waals surface area contributed by atoms with Crippen LogP contribution in [0.15, 0.2) is 48.8 Å². The summed E-state index contributed by atoms with van der Waals surface area (Å²) in [5.74, 6) is 1.24. The second-order valence-electron chi connectivity index (χ2n) is 9.91. The molecule has 3 saturated heterocycles. The lowest BCUT2D eigenvalue weighted by Crippen LogP contribution is -2.47. The van der Waals surface area contributed by atoms with Crippen LogP contribution >= 0.6 is 0 Å². The quantitative estimate of drug-likeness (QED) is 0.671. The van der Waals surface area contributed by atoms with Crippen LogP contribution in [-0.2, 0) is 16.0 Å². The van der Waals surface area contributed by atoms with Gasteiger partial charge >= 0.3 is 0 Å². The first kappa shape index (κ1) is 22.8. The monoisotopic (exact) mass is 462 g/mol. The summed E-state index contributed by atoms with van der Waals surface area (Å²) in [5.41, 5.74) is 7.18. The molecule has 34 heavy (non-hydrogen) atoms. The number of aromatic nitrogens is 2. The number of anilines is 1. The van der Waals surface area contributed by atoms with E-state index in [0.717, 1.165) is 64.4 Å². The van der Waals surface area contributed by atoms with Crippen LogP contribution in [0.5, 0.6) is 0 Å². The molecule has 8 nitrogen and oxygen atoms in total. The fourth-order valence-electron chi connectivity index (χ4n) is 6.10. The summed E-state index contributed by atoms with van der Waals surface area (Å²) >= 11 is 0. The average Bonchev–Trinajstić information content (AvgIpc) is 3.42. The molecule has 3 atom stereocenters. The lowest BCUT2D eigenvalue weighted by Gasteiger charge is -2.34. The SMILES string of the molecule is NC(=O)C1[C@@H]2CN(C(=O)C3CCN(c4ncccn4)CC3)CC2CN1CCCc1ccccc1. The normalized spacial score (nSPS) is 25.5. The molecule has 0 aliphatic carbocycles. The van der Waals surface area contributed by atoms with Crippen molar-refractivity contribution in [1.29, 1.82) is 0 Å². The molecule has 3 fully saturated rings. The summed E-state index contributed by atoms with van der Waals surface area (Å²) in [7, 11) is 0. The maximum atomic E-state index is 13.3. The van der Waals surface area contributed by atoms with E-state index >= 15 is 0 Å². The van der Waals surface area contributed by atoms with E-state index in [2.05, 4.69) is 44.0 Å². The zero-order chi connectivity index (χ0) is 23.5. The van der Waals surface area contributed by atoms with Gasteiger partial charge in [0.15, 0.2) is 0 Å². The molecule has 2 unspecified atom stereocenters. The first-order valence-corrected chi connectivity index (χ1v) is 12.5. The van der Waals surface area contributed by atoms with Gasteiger partial charge in [0.1, 0.15) is 0 Å². The Morgan fingerprint density at radius 3 is 2.41 bits per heavy atom. The van der Waals surface area contributed by atoms with Crippen LogP contribution in [0.1, 0.15) is 24.8 Å². The van der Waals surface area contributed by atoms with Gasteiger partial charge in [0.25, 0.3) is 0 Å². The Balaban J connectivity index is 1.14. The van der Waals surface area contributed by atoms with Crippen LogP contribution in [0.25, 0.3) is 0 Å². The summed E-state index contributed by atoms with van der Waals surface area (Å²) in [4.78, 5) is 40.8. The minimum absolute atomic E-state index is 0.0350. The Labute approximate surface area is 201 Å². The third-order valence-corrected chi connectivity index (χ3v) is 7.80. The van der Waals surface area contributed by atoms with E-state index in [1.807, 2.05) is 17.0 Å². The number of hydrogen-bond donors (Lipinski definition) is 1.